The Morgan fingerprint density at radius 2 is 2.19 bits per heavy atom. The third-order valence-corrected chi connectivity index (χ3v) is 1.97. The van der Waals surface area contributed by atoms with Crippen LogP contribution in [0.15, 0.2) is 12.3 Å². The maximum absolute atomic E-state index is 5.50. The highest BCUT2D eigenvalue weighted by molar-refractivity contribution is 5.29. The van der Waals surface area contributed by atoms with Gasteiger partial charge in [0.2, 0.25) is 11.8 Å². The summed E-state index contributed by atoms with van der Waals surface area (Å²) >= 11 is 0. The second kappa shape index (κ2) is 7.00. The zero-order valence-corrected chi connectivity index (χ0v) is 10.2. The smallest absolute Gasteiger partial charge is 0.228 e. The Bertz CT molecular complexity index is 304. The first-order valence-corrected chi connectivity index (χ1v) is 5.58. The molecule has 1 N–H and O–H groups in total. The van der Waals surface area contributed by atoms with Gasteiger partial charge in [-0.05, 0) is 13.0 Å². The summed E-state index contributed by atoms with van der Waals surface area (Å²) in [6.45, 7) is 4.64. The van der Waals surface area contributed by atoms with Crippen LogP contribution < -0.4 is 15.0 Å². The highest BCUT2D eigenvalue weighted by atomic mass is 16.5. The molecule has 0 amide bonds. The molecule has 0 saturated heterocycles. The highest BCUT2D eigenvalue weighted by Crippen LogP contribution is 2.09. The first-order valence-electron chi connectivity index (χ1n) is 5.58. The van der Waals surface area contributed by atoms with Gasteiger partial charge >= 0.3 is 0 Å². The molecule has 0 fully saturated rings. The molecule has 1 aromatic rings. The van der Waals surface area contributed by atoms with E-state index >= 15 is 0 Å². The number of rotatable bonds is 7. The van der Waals surface area contributed by atoms with Crippen molar-refractivity contribution >= 4 is 5.95 Å². The second-order valence-electron chi connectivity index (χ2n) is 3.69. The van der Waals surface area contributed by atoms with Gasteiger partial charge in [-0.15, -0.1) is 0 Å². The molecule has 0 atom stereocenters. The minimum atomic E-state index is 0.622. The zero-order chi connectivity index (χ0) is 11.8. The van der Waals surface area contributed by atoms with Crippen LogP contribution in [-0.4, -0.2) is 43.8 Å². The molecule has 0 saturated carbocycles. The van der Waals surface area contributed by atoms with Crippen molar-refractivity contribution in [2.24, 2.45) is 0 Å². The van der Waals surface area contributed by atoms with E-state index in [2.05, 4.69) is 22.2 Å². The Hall–Kier alpha value is -1.36. The standard InChI is InChI=1S/C11H20N4O/c1-4-6-12-8-9-16-10-5-7-13-11(14-10)15(2)3/h5,7,12H,4,6,8-9H2,1-3H3. The molecule has 0 aliphatic rings. The van der Waals surface area contributed by atoms with Crippen molar-refractivity contribution in [3.8, 4) is 5.88 Å². The number of hydrogen-bond donors (Lipinski definition) is 1. The Labute approximate surface area is 96.8 Å². The molecule has 5 heteroatoms. The fourth-order valence-corrected chi connectivity index (χ4v) is 1.16. The molecular formula is C11H20N4O. The minimum Gasteiger partial charge on any atom is -0.476 e. The second-order valence-corrected chi connectivity index (χ2v) is 3.69. The predicted octanol–water partition coefficient (Wildman–Crippen LogP) is 0.921. The van der Waals surface area contributed by atoms with Gasteiger partial charge in [-0.2, -0.15) is 4.98 Å². The average Bonchev–Trinajstić information content (AvgIpc) is 2.29. The Kier molecular flexibility index (Phi) is 5.56. The van der Waals surface area contributed by atoms with E-state index < -0.39 is 0 Å². The average molecular weight is 224 g/mol. The maximum Gasteiger partial charge on any atom is 0.228 e. The summed E-state index contributed by atoms with van der Waals surface area (Å²) in [5, 5.41) is 3.26. The van der Waals surface area contributed by atoms with E-state index in [0.29, 0.717) is 18.4 Å². The third kappa shape index (κ3) is 4.44. The van der Waals surface area contributed by atoms with Crippen LogP contribution in [-0.2, 0) is 0 Å². The maximum atomic E-state index is 5.50. The zero-order valence-electron chi connectivity index (χ0n) is 10.2. The van der Waals surface area contributed by atoms with Gasteiger partial charge in [0.1, 0.15) is 6.61 Å². The van der Waals surface area contributed by atoms with Crippen LogP contribution in [0.4, 0.5) is 5.95 Å². The van der Waals surface area contributed by atoms with Crippen molar-refractivity contribution in [1.82, 2.24) is 15.3 Å². The lowest BCUT2D eigenvalue weighted by molar-refractivity contribution is 0.302. The van der Waals surface area contributed by atoms with Gasteiger partial charge in [0, 0.05) is 32.9 Å². The number of aromatic nitrogens is 2. The molecule has 0 aliphatic heterocycles. The van der Waals surface area contributed by atoms with Gasteiger partial charge in [-0.25, -0.2) is 4.98 Å². The van der Waals surface area contributed by atoms with Gasteiger partial charge in [0.05, 0.1) is 0 Å². The van der Waals surface area contributed by atoms with E-state index in [0.717, 1.165) is 19.5 Å². The van der Waals surface area contributed by atoms with Gasteiger partial charge in [-0.3, -0.25) is 0 Å². The monoisotopic (exact) mass is 224 g/mol. The minimum absolute atomic E-state index is 0.622. The predicted molar refractivity (Wildman–Crippen MR) is 65.0 cm³/mol. The van der Waals surface area contributed by atoms with Crippen LogP contribution in [0.3, 0.4) is 0 Å². The molecule has 5 nitrogen and oxygen atoms in total. The molecular weight excluding hydrogens is 204 g/mol. The number of nitrogens with one attached hydrogen (secondary N) is 1. The number of anilines is 1. The Morgan fingerprint density at radius 3 is 2.88 bits per heavy atom. The van der Waals surface area contributed by atoms with Gasteiger partial charge in [-0.1, -0.05) is 6.92 Å². The first kappa shape index (κ1) is 12.7. The van der Waals surface area contributed by atoms with Crippen molar-refractivity contribution in [1.29, 1.82) is 0 Å². The third-order valence-electron chi connectivity index (χ3n) is 1.97. The summed E-state index contributed by atoms with van der Waals surface area (Å²) in [5.41, 5.74) is 0. The Balaban J connectivity index is 2.33. The molecule has 1 rings (SSSR count). The van der Waals surface area contributed by atoms with Crippen LogP contribution in [0.1, 0.15) is 13.3 Å². The van der Waals surface area contributed by atoms with Crippen molar-refractivity contribution in [3.05, 3.63) is 12.3 Å². The summed E-state index contributed by atoms with van der Waals surface area (Å²) in [6.07, 6.45) is 2.84. The van der Waals surface area contributed by atoms with Crippen molar-refractivity contribution in [2.75, 3.05) is 38.7 Å². The van der Waals surface area contributed by atoms with E-state index in [1.165, 1.54) is 0 Å². The molecule has 1 aromatic heterocycles. The largest absolute Gasteiger partial charge is 0.476 e. The molecule has 0 aliphatic carbocycles. The van der Waals surface area contributed by atoms with Crippen molar-refractivity contribution in [2.45, 2.75) is 13.3 Å². The van der Waals surface area contributed by atoms with Crippen LogP contribution in [0.2, 0.25) is 0 Å². The summed E-state index contributed by atoms with van der Waals surface area (Å²) < 4.78 is 5.50. The Morgan fingerprint density at radius 1 is 1.38 bits per heavy atom. The van der Waals surface area contributed by atoms with Gasteiger partial charge in [0.25, 0.3) is 0 Å². The molecule has 0 aromatic carbocycles. The quantitative estimate of drug-likeness (QED) is 0.698. The molecule has 0 radical (unpaired) electrons. The number of hydrogen-bond acceptors (Lipinski definition) is 5. The lowest BCUT2D eigenvalue weighted by atomic mass is 10.5. The summed E-state index contributed by atoms with van der Waals surface area (Å²) in [5.74, 6) is 1.29. The van der Waals surface area contributed by atoms with Gasteiger partial charge in [0.15, 0.2) is 0 Å². The van der Waals surface area contributed by atoms with Crippen LogP contribution in [0, 0.1) is 0 Å². The van der Waals surface area contributed by atoms with Crippen LogP contribution in [0.25, 0.3) is 0 Å². The molecule has 1 heterocycles. The molecule has 0 unspecified atom stereocenters. The van der Waals surface area contributed by atoms with E-state index in [1.807, 2.05) is 19.0 Å². The lowest BCUT2D eigenvalue weighted by Crippen LogP contribution is -2.22. The van der Waals surface area contributed by atoms with Gasteiger partial charge < -0.3 is 15.0 Å². The normalized spacial score (nSPS) is 10.2. The van der Waals surface area contributed by atoms with Crippen molar-refractivity contribution < 1.29 is 4.74 Å². The molecule has 0 bridgehead atoms. The topological polar surface area (TPSA) is 50.3 Å². The van der Waals surface area contributed by atoms with Crippen LogP contribution in [0.5, 0.6) is 5.88 Å². The van der Waals surface area contributed by atoms with E-state index in [-0.39, 0.29) is 0 Å². The fourth-order valence-electron chi connectivity index (χ4n) is 1.16. The summed E-state index contributed by atoms with van der Waals surface area (Å²) in [6, 6.07) is 1.77. The van der Waals surface area contributed by atoms with E-state index in [9.17, 15) is 0 Å². The number of ether oxygens (including phenoxy) is 1. The molecule has 0 spiro atoms. The molecule has 90 valence electrons. The molecule has 16 heavy (non-hydrogen) atoms. The fraction of sp³-hybridized carbons (Fsp3) is 0.636. The van der Waals surface area contributed by atoms with E-state index in [1.54, 1.807) is 12.3 Å². The van der Waals surface area contributed by atoms with Crippen LogP contribution >= 0.6 is 0 Å². The lowest BCUT2D eigenvalue weighted by Gasteiger charge is -2.11. The SMILES string of the molecule is CCCNCCOc1ccnc(N(C)C)n1. The van der Waals surface area contributed by atoms with Crippen molar-refractivity contribution in [3.63, 3.8) is 0 Å². The summed E-state index contributed by atoms with van der Waals surface area (Å²) in [4.78, 5) is 10.2. The van der Waals surface area contributed by atoms with E-state index in [4.69, 9.17) is 4.74 Å². The number of nitrogens with zero attached hydrogens (tertiary/aromatic N) is 3. The highest BCUT2D eigenvalue weighted by Gasteiger charge is 2.01. The first-order chi connectivity index (χ1) is 7.74. The summed E-state index contributed by atoms with van der Waals surface area (Å²) in [7, 11) is 3.81.